The number of nitrogens with zero attached hydrogens (tertiary/aromatic N) is 1. The zero-order valence-corrected chi connectivity index (χ0v) is 29.3. The van der Waals surface area contributed by atoms with Gasteiger partial charge in [-0.2, -0.15) is 0 Å². The van der Waals surface area contributed by atoms with E-state index < -0.39 is 0 Å². The first-order valence-corrected chi connectivity index (χ1v) is 18.9. The molecule has 1 aromatic heterocycles. The Morgan fingerprint density at radius 3 is 1.65 bits per heavy atom. The van der Waals surface area contributed by atoms with Crippen LogP contribution in [0.2, 0.25) is 0 Å². The molecule has 1 nitrogen and oxygen atoms in total. The van der Waals surface area contributed by atoms with Crippen molar-refractivity contribution < 1.29 is 0 Å². The lowest BCUT2D eigenvalue weighted by atomic mass is 9.92. The Bertz CT molecular complexity index is 2740. The lowest BCUT2D eigenvalue weighted by molar-refractivity contribution is 1.18. The van der Waals surface area contributed by atoms with E-state index in [0.717, 1.165) is 0 Å². The minimum Gasteiger partial charge on any atom is -0.309 e. The van der Waals surface area contributed by atoms with Crippen molar-refractivity contribution in [3.8, 4) is 50.2 Å². The van der Waals surface area contributed by atoms with Crippen molar-refractivity contribution in [1.82, 2.24) is 4.57 Å². The molecule has 8 aromatic carbocycles. The average molecular weight is 686 g/mol. The maximum absolute atomic E-state index is 2.43. The highest BCUT2D eigenvalue weighted by Crippen LogP contribution is 2.51. The molecule has 0 saturated heterocycles. The van der Waals surface area contributed by atoms with E-state index in [0.29, 0.717) is 0 Å². The van der Waals surface area contributed by atoms with Crippen LogP contribution in [0.15, 0.2) is 208 Å². The second-order valence-electron chi connectivity index (χ2n) is 12.9. The summed E-state index contributed by atoms with van der Waals surface area (Å²) in [5.74, 6) is 0. The molecular weight excluding hydrogens is 655 g/mol. The van der Waals surface area contributed by atoms with Crippen LogP contribution in [0, 0.1) is 0 Å². The largest absolute Gasteiger partial charge is 0.309 e. The number of rotatable bonds is 3. The van der Waals surface area contributed by atoms with Crippen LogP contribution < -0.4 is 0 Å². The SMILES string of the molecule is c1ccc(-c2cccc3c2-c2cc(-c4ccc5c(c4)c4ccccc4n5-c4ccccc4)ccc2Sc2ccccc2-c2ccccc2S3)cc1. The average Bonchev–Trinajstić information content (AvgIpc) is 3.53. The maximum Gasteiger partial charge on any atom is 0.0541 e. The van der Waals surface area contributed by atoms with Gasteiger partial charge in [0.1, 0.15) is 0 Å². The standard InChI is InChI=1S/C48H31NS2/c1-3-14-32(15-4-1)36-21-13-25-47-48(36)41-31-34(27-29-46(41)50-44-23-11-8-19-38(44)39-20-9-12-24-45(39)51-47)33-26-28-43-40(30-33)37-18-7-10-22-42(37)49(43)35-16-5-2-6-17-35/h1-31H. The molecule has 0 atom stereocenters. The van der Waals surface area contributed by atoms with Crippen LogP contribution >= 0.6 is 23.5 Å². The summed E-state index contributed by atoms with van der Waals surface area (Å²) >= 11 is 3.74. The van der Waals surface area contributed by atoms with Crippen LogP contribution in [-0.4, -0.2) is 4.57 Å². The predicted octanol–water partition coefficient (Wildman–Crippen LogP) is 14.1. The molecule has 3 heteroatoms. The molecule has 9 aromatic rings. The van der Waals surface area contributed by atoms with Gasteiger partial charge in [-0.05, 0) is 99.6 Å². The van der Waals surface area contributed by atoms with E-state index in [4.69, 9.17) is 0 Å². The molecule has 0 bridgehead atoms. The van der Waals surface area contributed by atoms with Gasteiger partial charge >= 0.3 is 0 Å². The first-order valence-electron chi connectivity index (χ1n) is 17.3. The third-order valence-corrected chi connectivity index (χ3v) is 12.2. The third kappa shape index (κ3) is 5.20. The molecule has 0 spiro atoms. The molecule has 1 aliphatic heterocycles. The molecule has 240 valence electrons. The van der Waals surface area contributed by atoms with Gasteiger partial charge in [0.2, 0.25) is 0 Å². The monoisotopic (exact) mass is 685 g/mol. The Morgan fingerprint density at radius 2 is 0.863 bits per heavy atom. The smallest absolute Gasteiger partial charge is 0.0541 e. The number of fused-ring (bicyclic) bond motifs is 9. The Kier molecular flexibility index (Phi) is 7.41. The molecule has 0 N–H and O–H groups in total. The fourth-order valence-corrected chi connectivity index (χ4v) is 9.77. The topological polar surface area (TPSA) is 4.93 Å². The highest BCUT2D eigenvalue weighted by molar-refractivity contribution is 8.00. The van der Waals surface area contributed by atoms with Gasteiger partial charge in [0.25, 0.3) is 0 Å². The number of hydrogen-bond acceptors (Lipinski definition) is 2. The summed E-state index contributed by atoms with van der Waals surface area (Å²) in [6.07, 6.45) is 0. The van der Waals surface area contributed by atoms with Gasteiger partial charge < -0.3 is 4.57 Å². The van der Waals surface area contributed by atoms with Crippen LogP contribution in [0.4, 0.5) is 0 Å². The molecule has 2 heterocycles. The molecule has 1 aliphatic rings. The highest BCUT2D eigenvalue weighted by Gasteiger charge is 2.22. The van der Waals surface area contributed by atoms with E-state index in [2.05, 4.69) is 193 Å². The molecule has 0 amide bonds. The summed E-state index contributed by atoms with van der Waals surface area (Å²) in [7, 11) is 0. The molecule has 0 saturated carbocycles. The Labute approximate surface area is 306 Å². The van der Waals surface area contributed by atoms with E-state index in [1.165, 1.54) is 91.6 Å². The predicted molar refractivity (Wildman–Crippen MR) is 217 cm³/mol. The lowest BCUT2D eigenvalue weighted by Gasteiger charge is -2.22. The van der Waals surface area contributed by atoms with E-state index in [1.807, 2.05) is 23.5 Å². The number of hydrogen-bond donors (Lipinski definition) is 0. The van der Waals surface area contributed by atoms with E-state index in [9.17, 15) is 0 Å². The highest BCUT2D eigenvalue weighted by atomic mass is 32.2. The lowest BCUT2D eigenvalue weighted by Crippen LogP contribution is -1.95. The van der Waals surface area contributed by atoms with Crippen molar-refractivity contribution >= 4 is 45.3 Å². The number of benzene rings is 8. The van der Waals surface area contributed by atoms with Crippen LogP contribution in [0.5, 0.6) is 0 Å². The van der Waals surface area contributed by atoms with Gasteiger partial charge in [-0.3, -0.25) is 0 Å². The van der Waals surface area contributed by atoms with Crippen molar-refractivity contribution in [2.45, 2.75) is 19.6 Å². The first kappa shape index (κ1) is 30.1. The summed E-state index contributed by atoms with van der Waals surface area (Å²) in [4.78, 5) is 5.02. The fourth-order valence-electron chi connectivity index (χ4n) is 7.55. The van der Waals surface area contributed by atoms with Crippen LogP contribution in [0.25, 0.3) is 72.0 Å². The van der Waals surface area contributed by atoms with E-state index in [1.54, 1.807) is 0 Å². The molecule has 0 aliphatic carbocycles. The molecule has 10 rings (SSSR count). The van der Waals surface area contributed by atoms with Crippen molar-refractivity contribution in [2.24, 2.45) is 0 Å². The molecule has 0 fully saturated rings. The van der Waals surface area contributed by atoms with Gasteiger partial charge in [0.05, 0.1) is 11.0 Å². The van der Waals surface area contributed by atoms with Crippen molar-refractivity contribution in [3.05, 3.63) is 188 Å². The fraction of sp³-hybridized carbons (Fsp3) is 0. The second-order valence-corrected chi connectivity index (χ2v) is 15.0. The zero-order chi connectivity index (χ0) is 33.7. The van der Waals surface area contributed by atoms with Gasteiger partial charge in [-0.25, -0.2) is 0 Å². The maximum atomic E-state index is 2.43. The molecule has 0 unspecified atom stereocenters. The van der Waals surface area contributed by atoms with Crippen LogP contribution in [0.1, 0.15) is 0 Å². The summed E-state index contributed by atoms with van der Waals surface area (Å²) < 4.78 is 2.38. The summed E-state index contributed by atoms with van der Waals surface area (Å²) in [6.45, 7) is 0. The van der Waals surface area contributed by atoms with Crippen molar-refractivity contribution in [3.63, 3.8) is 0 Å². The van der Waals surface area contributed by atoms with E-state index in [-0.39, 0.29) is 0 Å². The van der Waals surface area contributed by atoms with Gasteiger partial charge in [0, 0.05) is 41.6 Å². The van der Waals surface area contributed by atoms with Gasteiger partial charge in [0.15, 0.2) is 0 Å². The van der Waals surface area contributed by atoms with Crippen molar-refractivity contribution in [1.29, 1.82) is 0 Å². The van der Waals surface area contributed by atoms with Crippen LogP contribution in [-0.2, 0) is 0 Å². The van der Waals surface area contributed by atoms with Crippen LogP contribution in [0.3, 0.4) is 0 Å². The first-order chi connectivity index (χ1) is 25.3. The summed E-state index contributed by atoms with van der Waals surface area (Å²) in [5.41, 5.74) is 13.5. The molecule has 51 heavy (non-hydrogen) atoms. The Balaban J connectivity index is 1.22. The summed E-state index contributed by atoms with van der Waals surface area (Å²) in [5, 5.41) is 2.52. The van der Waals surface area contributed by atoms with Gasteiger partial charge in [-0.1, -0.05) is 151 Å². The van der Waals surface area contributed by atoms with E-state index >= 15 is 0 Å². The molecule has 0 radical (unpaired) electrons. The third-order valence-electron chi connectivity index (χ3n) is 9.88. The molecular formula is C48H31NS2. The normalized spacial score (nSPS) is 12.2. The minimum atomic E-state index is 1.17. The minimum absolute atomic E-state index is 1.17. The summed E-state index contributed by atoms with van der Waals surface area (Å²) in [6, 6.07) is 68.8. The second kappa shape index (κ2) is 12.5. The van der Waals surface area contributed by atoms with Crippen molar-refractivity contribution in [2.75, 3.05) is 0 Å². The zero-order valence-electron chi connectivity index (χ0n) is 27.7. The Morgan fingerprint density at radius 1 is 0.314 bits per heavy atom. The Hall–Kier alpha value is -5.74. The number of aromatic nitrogens is 1. The number of para-hydroxylation sites is 2. The van der Waals surface area contributed by atoms with Gasteiger partial charge in [-0.15, -0.1) is 0 Å². The quantitative estimate of drug-likeness (QED) is 0.182.